The van der Waals surface area contributed by atoms with Crippen molar-refractivity contribution in [1.29, 1.82) is 0 Å². The molecule has 104 valence electrons. The summed E-state index contributed by atoms with van der Waals surface area (Å²) in [6.07, 6.45) is 4.76. The zero-order valence-corrected chi connectivity index (χ0v) is 11.8. The molecule has 1 atom stereocenters. The van der Waals surface area contributed by atoms with Crippen LogP contribution in [0.15, 0.2) is 12.2 Å². The summed E-state index contributed by atoms with van der Waals surface area (Å²) in [6, 6.07) is 0. The van der Waals surface area contributed by atoms with E-state index in [0.717, 1.165) is 31.4 Å². The number of hydrogen-bond acceptors (Lipinski definition) is 4. The highest BCUT2D eigenvalue weighted by Gasteiger charge is 2.09. The van der Waals surface area contributed by atoms with Crippen LogP contribution in [-0.4, -0.2) is 24.6 Å². The lowest BCUT2D eigenvalue weighted by atomic mass is 10.2. The molecule has 0 aliphatic rings. The van der Waals surface area contributed by atoms with Crippen LogP contribution in [0, 0.1) is 5.92 Å². The Hall–Kier alpha value is -1.32. The minimum absolute atomic E-state index is 0.0705. The van der Waals surface area contributed by atoms with Crippen molar-refractivity contribution in [1.82, 2.24) is 0 Å². The predicted molar refractivity (Wildman–Crippen MR) is 70.0 cm³/mol. The first-order chi connectivity index (χ1) is 8.49. The molecule has 0 fully saturated rings. The summed E-state index contributed by atoms with van der Waals surface area (Å²) in [6.45, 7) is 8.25. The quantitative estimate of drug-likeness (QED) is 0.495. The molecule has 0 bridgehead atoms. The van der Waals surface area contributed by atoms with Crippen molar-refractivity contribution in [3.05, 3.63) is 12.2 Å². The molecule has 4 nitrogen and oxygen atoms in total. The highest BCUT2D eigenvalue weighted by atomic mass is 16.5. The Bertz CT molecular complexity index is 282. The van der Waals surface area contributed by atoms with Crippen LogP contribution in [0.1, 0.15) is 47.0 Å². The lowest BCUT2D eigenvalue weighted by Crippen LogP contribution is -2.16. The van der Waals surface area contributed by atoms with E-state index in [-0.39, 0.29) is 12.0 Å². The van der Waals surface area contributed by atoms with E-state index < -0.39 is 11.9 Å². The fraction of sp³-hybridized carbons (Fsp3) is 0.714. The second-order valence-corrected chi connectivity index (χ2v) is 4.61. The van der Waals surface area contributed by atoms with Crippen LogP contribution in [0.5, 0.6) is 0 Å². The van der Waals surface area contributed by atoms with Crippen LogP contribution < -0.4 is 0 Å². The third kappa shape index (κ3) is 8.79. The van der Waals surface area contributed by atoms with Gasteiger partial charge in [-0.25, -0.2) is 9.59 Å². The molecule has 18 heavy (non-hydrogen) atoms. The number of carbonyl (C=O) groups excluding carboxylic acids is 2. The third-order valence-corrected chi connectivity index (χ3v) is 2.26. The van der Waals surface area contributed by atoms with Gasteiger partial charge < -0.3 is 9.47 Å². The summed E-state index contributed by atoms with van der Waals surface area (Å²) in [5, 5.41) is 0. The van der Waals surface area contributed by atoms with Crippen molar-refractivity contribution < 1.29 is 19.1 Å². The number of rotatable bonds is 8. The molecule has 1 unspecified atom stereocenters. The van der Waals surface area contributed by atoms with E-state index >= 15 is 0 Å². The van der Waals surface area contributed by atoms with Gasteiger partial charge in [0.15, 0.2) is 0 Å². The van der Waals surface area contributed by atoms with Crippen LogP contribution in [0.3, 0.4) is 0 Å². The van der Waals surface area contributed by atoms with Gasteiger partial charge in [0.2, 0.25) is 0 Å². The van der Waals surface area contributed by atoms with E-state index in [9.17, 15) is 9.59 Å². The van der Waals surface area contributed by atoms with Crippen molar-refractivity contribution >= 4 is 11.9 Å². The summed E-state index contributed by atoms with van der Waals surface area (Å²) in [5.74, 6) is -0.718. The molecule has 0 aromatic rings. The fourth-order valence-corrected chi connectivity index (χ4v) is 1.30. The maximum absolute atomic E-state index is 11.4. The van der Waals surface area contributed by atoms with E-state index in [0.29, 0.717) is 6.61 Å². The van der Waals surface area contributed by atoms with Gasteiger partial charge in [-0.05, 0) is 18.8 Å². The smallest absolute Gasteiger partial charge is 0.331 e. The molecular weight excluding hydrogens is 232 g/mol. The number of esters is 2. The summed E-state index contributed by atoms with van der Waals surface area (Å²) in [5.41, 5.74) is 0. The Morgan fingerprint density at radius 3 is 2.22 bits per heavy atom. The molecule has 4 heteroatoms. The SMILES string of the molecule is CCCC(CC)OC(=O)/C=C/C(=O)OCC(C)C. The molecule has 0 aromatic heterocycles. The molecule has 0 aliphatic carbocycles. The van der Waals surface area contributed by atoms with Gasteiger partial charge in [0.1, 0.15) is 6.10 Å². The predicted octanol–water partition coefficient (Wildman–Crippen LogP) is 2.86. The molecule has 0 saturated heterocycles. The van der Waals surface area contributed by atoms with Crippen LogP contribution in [0.25, 0.3) is 0 Å². The molecular formula is C14H24O4. The van der Waals surface area contributed by atoms with Gasteiger partial charge in [0, 0.05) is 12.2 Å². The molecule has 0 aliphatic heterocycles. The Morgan fingerprint density at radius 1 is 1.11 bits per heavy atom. The standard InChI is InChI=1S/C14H24O4/c1-5-7-12(6-2)18-14(16)9-8-13(15)17-10-11(3)4/h8-9,11-12H,5-7,10H2,1-4H3/b9-8+. The Kier molecular flexibility index (Phi) is 8.97. The van der Waals surface area contributed by atoms with Crippen LogP contribution >= 0.6 is 0 Å². The van der Waals surface area contributed by atoms with E-state index in [1.807, 2.05) is 27.7 Å². The molecule has 0 aromatic carbocycles. The van der Waals surface area contributed by atoms with Crippen LogP contribution in [-0.2, 0) is 19.1 Å². The highest BCUT2D eigenvalue weighted by Crippen LogP contribution is 2.06. The topological polar surface area (TPSA) is 52.6 Å². The first kappa shape index (κ1) is 16.7. The monoisotopic (exact) mass is 256 g/mol. The second kappa shape index (κ2) is 9.68. The average Bonchev–Trinajstić information content (AvgIpc) is 2.33. The van der Waals surface area contributed by atoms with E-state index in [4.69, 9.17) is 9.47 Å². The Labute approximate surface area is 109 Å². The molecule has 0 saturated carbocycles. The van der Waals surface area contributed by atoms with Gasteiger partial charge >= 0.3 is 11.9 Å². The van der Waals surface area contributed by atoms with Gasteiger partial charge in [-0.3, -0.25) is 0 Å². The molecule has 0 N–H and O–H groups in total. The van der Waals surface area contributed by atoms with Gasteiger partial charge in [-0.15, -0.1) is 0 Å². The Morgan fingerprint density at radius 2 is 1.72 bits per heavy atom. The van der Waals surface area contributed by atoms with Crippen molar-refractivity contribution in [3.8, 4) is 0 Å². The van der Waals surface area contributed by atoms with E-state index in [2.05, 4.69) is 0 Å². The number of hydrogen-bond donors (Lipinski definition) is 0. The lowest BCUT2D eigenvalue weighted by Gasteiger charge is -2.13. The summed E-state index contributed by atoms with van der Waals surface area (Å²) in [4.78, 5) is 22.6. The molecule has 0 radical (unpaired) electrons. The number of ether oxygens (including phenoxy) is 2. The molecule has 0 amide bonds. The minimum atomic E-state index is -0.510. The van der Waals surface area contributed by atoms with Gasteiger partial charge in [0.25, 0.3) is 0 Å². The number of carbonyl (C=O) groups is 2. The minimum Gasteiger partial charge on any atom is -0.462 e. The molecule has 0 heterocycles. The summed E-state index contributed by atoms with van der Waals surface area (Å²) >= 11 is 0. The largest absolute Gasteiger partial charge is 0.462 e. The van der Waals surface area contributed by atoms with Crippen molar-refractivity contribution in [2.24, 2.45) is 5.92 Å². The van der Waals surface area contributed by atoms with Crippen LogP contribution in [0.2, 0.25) is 0 Å². The normalized spacial score (nSPS) is 12.7. The van der Waals surface area contributed by atoms with Crippen molar-refractivity contribution in [2.45, 2.75) is 53.1 Å². The molecule has 0 spiro atoms. The second-order valence-electron chi connectivity index (χ2n) is 4.61. The van der Waals surface area contributed by atoms with Crippen molar-refractivity contribution in [3.63, 3.8) is 0 Å². The zero-order valence-electron chi connectivity index (χ0n) is 11.8. The van der Waals surface area contributed by atoms with Gasteiger partial charge in [0.05, 0.1) is 6.61 Å². The van der Waals surface area contributed by atoms with Crippen molar-refractivity contribution in [2.75, 3.05) is 6.61 Å². The Balaban J connectivity index is 4.02. The maximum atomic E-state index is 11.4. The van der Waals surface area contributed by atoms with E-state index in [1.165, 1.54) is 0 Å². The highest BCUT2D eigenvalue weighted by molar-refractivity contribution is 5.91. The first-order valence-electron chi connectivity index (χ1n) is 6.55. The van der Waals surface area contributed by atoms with Gasteiger partial charge in [-0.1, -0.05) is 34.1 Å². The van der Waals surface area contributed by atoms with E-state index in [1.54, 1.807) is 0 Å². The molecule has 0 rings (SSSR count). The summed E-state index contributed by atoms with van der Waals surface area (Å²) in [7, 11) is 0. The zero-order chi connectivity index (χ0) is 14.0. The third-order valence-electron chi connectivity index (χ3n) is 2.26. The fourth-order valence-electron chi connectivity index (χ4n) is 1.30. The maximum Gasteiger partial charge on any atom is 0.331 e. The lowest BCUT2D eigenvalue weighted by molar-refractivity contribution is -0.144. The van der Waals surface area contributed by atoms with Gasteiger partial charge in [-0.2, -0.15) is 0 Å². The first-order valence-corrected chi connectivity index (χ1v) is 6.55. The average molecular weight is 256 g/mol. The summed E-state index contributed by atoms with van der Waals surface area (Å²) < 4.78 is 10.1. The van der Waals surface area contributed by atoms with Crippen LogP contribution in [0.4, 0.5) is 0 Å².